The minimum Gasteiger partial charge on any atom is -0.512 e. The molecule has 0 saturated carbocycles. The van der Waals surface area contributed by atoms with Crippen LogP contribution in [0.1, 0.15) is 13.8 Å². The second-order valence-electron chi connectivity index (χ2n) is 8.89. The Morgan fingerprint density at radius 3 is 2.30 bits per heavy atom. The van der Waals surface area contributed by atoms with Crippen LogP contribution in [-0.4, -0.2) is 15.9 Å². The first-order valence-electron chi connectivity index (χ1n) is 11.7. The van der Waals surface area contributed by atoms with Crippen LogP contribution in [-0.2, 0) is 24.9 Å². The van der Waals surface area contributed by atoms with Crippen molar-refractivity contribution < 1.29 is 30.0 Å². The minimum absolute atomic E-state index is 0. The Kier molecular flexibility index (Phi) is 6.78. The fourth-order valence-electron chi connectivity index (χ4n) is 4.98. The Balaban J connectivity index is 0.000000313. The second-order valence-corrected chi connectivity index (χ2v) is 9.94. The molecule has 37 heavy (non-hydrogen) atoms. The number of benzene rings is 4. The number of carbonyl (C=O) groups is 1. The fourth-order valence-corrected chi connectivity index (χ4v) is 6.19. The van der Waals surface area contributed by atoms with Gasteiger partial charge in [-0.15, -0.1) is 23.8 Å². The molecule has 7 rings (SSSR count). The summed E-state index contributed by atoms with van der Waals surface area (Å²) < 4.78 is 2.57. The maximum absolute atomic E-state index is 10.0. The number of aliphatic hydroxyl groups excluding tert-OH is 1. The number of allylic oxidation sites excluding steroid dienone is 2. The van der Waals surface area contributed by atoms with Crippen LogP contribution in [0.4, 0.5) is 0 Å². The van der Waals surface area contributed by atoms with Crippen LogP contribution in [0, 0.1) is 6.07 Å². The summed E-state index contributed by atoms with van der Waals surface area (Å²) >= 11 is 1.83. The van der Waals surface area contributed by atoms with E-state index in [1.54, 1.807) is 0 Å². The number of thiophene rings is 1. The van der Waals surface area contributed by atoms with Gasteiger partial charge in [0.2, 0.25) is 0 Å². The van der Waals surface area contributed by atoms with Gasteiger partial charge in [-0.25, -0.2) is 0 Å². The predicted molar refractivity (Wildman–Crippen MR) is 150 cm³/mol. The smallest absolute Gasteiger partial charge is 0.155 e. The Hall–Kier alpha value is -3.63. The van der Waals surface area contributed by atoms with Crippen molar-refractivity contribution in [2.24, 2.45) is 0 Å². The van der Waals surface area contributed by atoms with E-state index in [1.807, 2.05) is 17.4 Å². The van der Waals surface area contributed by atoms with Crippen molar-refractivity contribution in [1.82, 2.24) is 4.98 Å². The molecule has 0 atom stereocenters. The van der Waals surface area contributed by atoms with E-state index >= 15 is 0 Å². The molecular formula is C32H22IrNO2S-. The zero-order chi connectivity index (χ0) is 24.8. The van der Waals surface area contributed by atoms with E-state index in [0.717, 1.165) is 16.8 Å². The molecular weight excluding hydrogens is 655 g/mol. The van der Waals surface area contributed by atoms with Gasteiger partial charge in [0.25, 0.3) is 0 Å². The van der Waals surface area contributed by atoms with Gasteiger partial charge in [0.05, 0.1) is 11.3 Å². The van der Waals surface area contributed by atoms with Crippen molar-refractivity contribution in [2.45, 2.75) is 13.8 Å². The predicted octanol–water partition coefficient (Wildman–Crippen LogP) is 8.75. The molecule has 0 bridgehead atoms. The Morgan fingerprint density at radius 2 is 1.57 bits per heavy atom. The molecule has 0 fully saturated rings. The van der Waals surface area contributed by atoms with Crippen LogP contribution in [0.3, 0.4) is 0 Å². The van der Waals surface area contributed by atoms with Gasteiger partial charge >= 0.3 is 0 Å². The third-order valence-electron chi connectivity index (χ3n) is 6.35. The fraction of sp³-hybridized carbons (Fsp3) is 0.0625. The molecule has 2 aromatic heterocycles. The number of nitrogens with zero attached hydrogens (tertiary/aromatic N) is 1. The molecule has 6 aromatic rings. The largest absolute Gasteiger partial charge is 0.512 e. The molecule has 0 aliphatic heterocycles. The third kappa shape index (κ3) is 4.40. The molecule has 1 aliphatic rings. The summed E-state index contributed by atoms with van der Waals surface area (Å²) in [7, 11) is 0. The molecule has 1 aliphatic carbocycles. The Morgan fingerprint density at radius 1 is 0.865 bits per heavy atom. The molecule has 0 unspecified atom stereocenters. The first kappa shape index (κ1) is 25.0. The van der Waals surface area contributed by atoms with E-state index < -0.39 is 0 Å². The van der Waals surface area contributed by atoms with Crippen LogP contribution in [0.15, 0.2) is 96.8 Å². The van der Waals surface area contributed by atoms with Gasteiger partial charge in [0.1, 0.15) is 0 Å². The maximum Gasteiger partial charge on any atom is 0.155 e. The monoisotopic (exact) mass is 677 g/mol. The van der Waals surface area contributed by atoms with Gasteiger partial charge in [0, 0.05) is 36.3 Å². The van der Waals surface area contributed by atoms with E-state index in [-0.39, 0.29) is 31.6 Å². The normalized spacial score (nSPS) is 11.7. The second kappa shape index (κ2) is 10.0. The molecule has 2 heterocycles. The number of aromatic nitrogens is 1. The Labute approximate surface area is 232 Å². The minimum atomic E-state index is -0.125. The number of hydrogen-bond donors (Lipinski definition) is 1. The molecule has 3 nitrogen and oxygen atoms in total. The van der Waals surface area contributed by atoms with E-state index in [9.17, 15) is 4.79 Å². The van der Waals surface area contributed by atoms with Gasteiger partial charge in [-0.05, 0) is 64.0 Å². The SMILES string of the molecule is CC(=O)/C=C(/C)O.[Ir].[c-]1ccc2c(sc3ccccc32)c1-c1cc2c3c(cccc3n1)-c1ccccc1-2. The van der Waals surface area contributed by atoms with E-state index in [2.05, 4.69) is 84.9 Å². The molecule has 0 spiro atoms. The summed E-state index contributed by atoms with van der Waals surface area (Å²) in [5.41, 5.74) is 8.31. The van der Waals surface area contributed by atoms with Crippen molar-refractivity contribution in [3.8, 4) is 33.5 Å². The van der Waals surface area contributed by atoms with Crippen LogP contribution in [0.5, 0.6) is 0 Å². The van der Waals surface area contributed by atoms with Gasteiger partial charge in [0.15, 0.2) is 5.78 Å². The summed E-state index contributed by atoms with van der Waals surface area (Å²) in [4.78, 5) is 15.1. The number of rotatable bonds is 2. The molecule has 0 saturated heterocycles. The standard InChI is InChI=1S/C27H14NS.C5H8O2.Ir/c1-2-8-17-16(7-1)19-10-6-13-23-26(19)22(17)15-24(28-23)21-12-5-11-20-18-9-3-4-14-25(18)29-27(20)21;1-4(6)3-5(2)7;/h1-11,13-15H;3,6H,1-2H3;/q-1;;/b;4-3-;. The van der Waals surface area contributed by atoms with E-state index in [4.69, 9.17) is 10.1 Å². The number of aliphatic hydroxyl groups is 1. The summed E-state index contributed by atoms with van der Waals surface area (Å²) in [6.45, 7) is 2.85. The number of fused-ring (bicyclic) bond motifs is 6. The molecule has 183 valence electrons. The van der Waals surface area contributed by atoms with Crippen molar-refractivity contribution in [1.29, 1.82) is 0 Å². The average Bonchev–Trinajstić information content (AvgIpc) is 3.41. The van der Waals surface area contributed by atoms with Crippen LogP contribution < -0.4 is 0 Å². The van der Waals surface area contributed by atoms with Crippen molar-refractivity contribution in [2.75, 3.05) is 0 Å². The van der Waals surface area contributed by atoms with Crippen molar-refractivity contribution in [3.63, 3.8) is 0 Å². The van der Waals surface area contributed by atoms with Gasteiger partial charge < -0.3 is 5.11 Å². The first-order valence-corrected chi connectivity index (χ1v) is 12.6. The first-order chi connectivity index (χ1) is 17.5. The average molecular weight is 677 g/mol. The molecule has 1 N–H and O–H groups in total. The number of pyridine rings is 1. The van der Waals surface area contributed by atoms with Gasteiger partial charge in [-0.2, -0.15) is 11.3 Å². The third-order valence-corrected chi connectivity index (χ3v) is 7.55. The molecule has 4 aromatic carbocycles. The summed E-state index contributed by atoms with van der Waals surface area (Å²) in [5.74, 6) is -0.0625. The number of hydrogen-bond acceptors (Lipinski definition) is 4. The van der Waals surface area contributed by atoms with Crippen LogP contribution >= 0.6 is 11.3 Å². The zero-order valence-corrected chi connectivity index (χ0v) is 23.4. The quantitative estimate of drug-likeness (QED) is 0.113. The summed E-state index contributed by atoms with van der Waals surface area (Å²) in [6.07, 6.45) is 1.17. The molecule has 1 radical (unpaired) electrons. The number of carbonyl (C=O) groups excluding carboxylic acids is 1. The summed E-state index contributed by atoms with van der Waals surface area (Å²) in [5, 5.41) is 12.2. The Bertz CT molecular complexity index is 1850. The topological polar surface area (TPSA) is 50.2 Å². The zero-order valence-electron chi connectivity index (χ0n) is 20.2. The van der Waals surface area contributed by atoms with E-state index in [0.29, 0.717) is 0 Å². The van der Waals surface area contributed by atoms with Crippen molar-refractivity contribution in [3.05, 3.63) is 103 Å². The van der Waals surface area contributed by atoms with Gasteiger partial charge in [-0.1, -0.05) is 66.0 Å². The van der Waals surface area contributed by atoms with Crippen molar-refractivity contribution >= 4 is 48.2 Å². The summed E-state index contributed by atoms with van der Waals surface area (Å²) in [6, 6.07) is 33.7. The van der Waals surface area contributed by atoms with Crippen LogP contribution in [0.2, 0.25) is 0 Å². The molecule has 0 amide bonds. The van der Waals surface area contributed by atoms with E-state index in [1.165, 1.54) is 67.7 Å². The molecule has 5 heteroatoms. The number of ketones is 1. The van der Waals surface area contributed by atoms with Crippen LogP contribution in [0.25, 0.3) is 64.6 Å². The maximum atomic E-state index is 10.0. The van der Waals surface area contributed by atoms with Gasteiger partial charge in [-0.3, -0.25) is 9.78 Å².